The minimum atomic E-state index is -0.874. The SMILES string of the molecule is CCC1CC(C(=O)O)C(C(=O)NCc2cccnn2)C1. The molecule has 1 aromatic heterocycles. The van der Waals surface area contributed by atoms with Gasteiger partial charge in [-0.15, -0.1) is 0 Å². The number of aliphatic carboxylic acids is 1. The van der Waals surface area contributed by atoms with Crippen LogP contribution in [0.2, 0.25) is 0 Å². The molecule has 0 spiro atoms. The normalized spacial score (nSPS) is 25.4. The highest BCUT2D eigenvalue weighted by molar-refractivity contribution is 5.85. The molecule has 1 fully saturated rings. The number of nitrogens with one attached hydrogen (secondary N) is 1. The van der Waals surface area contributed by atoms with E-state index in [1.807, 2.05) is 6.92 Å². The van der Waals surface area contributed by atoms with Crippen molar-refractivity contribution < 1.29 is 14.7 Å². The molecule has 1 aromatic rings. The van der Waals surface area contributed by atoms with Gasteiger partial charge in [0.2, 0.25) is 5.91 Å². The van der Waals surface area contributed by atoms with Gasteiger partial charge in [-0.05, 0) is 30.9 Å². The third kappa shape index (κ3) is 3.31. The van der Waals surface area contributed by atoms with Crippen LogP contribution in [0.1, 0.15) is 31.9 Å². The van der Waals surface area contributed by atoms with Crippen LogP contribution in [0.15, 0.2) is 18.3 Å². The van der Waals surface area contributed by atoms with E-state index in [4.69, 9.17) is 0 Å². The molecule has 1 aliphatic carbocycles. The van der Waals surface area contributed by atoms with Gasteiger partial charge < -0.3 is 10.4 Å². The molecule has 0 bridgehead atoms. The standard InChI is InChI=1S/C14H19N3O3/c1-2-9-6-11(12(7-9)14(19)20)13(18)15-8-10-4-3-5-16-17-10/h3-5,9,11-12H,2,6-8H2,1H3,(H,15,18)(H,19,20). The van der Waals surface area contributed by atoms with Crippen molar-refractivity contribution >= 4 is 11.9 Å². The molecule has 0 aromatic carbocycles. The van der Waals surface area contributed by atoms with E-state index < -0.39 is 17.8 Å². The van der Waals surface area contributed by atoms with Gasteiger partial charge in [0, 0.05) is 6.20 Å². The maximum absolute atomic E-state index is 12.2. The Balaban J connectivity index is 1.95. The van der Waals surface area contributed by atoms with Crippen molar-refractivity contribution in [3.63, 3.8) is 0 Å². The van der Waals surface area contributed by atoms with E-state index >= 15 is 0 Å². The Morgan fingerprint density at radius 2 is 2.15 bits per heavy atom. The van der Waals surface area contributed by atoms with E-state index in [-0.39, 0.29) is 12.5 Å². The Hall–Kier alpha value is -1.98. The number of aromatic nitrogens is 2. The smallest absolute Gasteiger partial charge is 0.307 e. The summed E-state index contributed by atoms with van der Waals surface area (Å²) < 4.78 is 0. The van der Waals surface area contributed by atoms with E-state index in [1.165, 1.54) is 0 Å². The fraction of sp³-hybridized carbons (Fsp3) is 0.571. The largest absolute Gasteiger partial charge is 0.481 e. The quantitative estimate of drug-likeness (QED) is 0.844. The van der Waals surface area contributed by atoms with E-state index in [9.17, 15) is 14.7 Å². The van der Waals surface area contributed by atoms with Gasteiger partial charge >= 0.3 is 5.97 Å². The molecule has 0 saturated heterocycles. The van der Waals surface area contributed by atoms with Gasteiger partial charge in [0.15, 0.2) is 0 Å². The van der Waals surface area contributed by atoms with E-state index in [0.29, 0.717) is 24.5 Å². The third-order valence-corrected chi connectivity index (χ3v) is 3.96. The Morgan fingerprint density at radius 1 is 1.40 bits per heavy atom. The number of rotatable bonds is 5. The first-order chi connectivity index (χ1) is 9.61. The van der Waals surface area contributed by atoms with Crippen molar-refractivity contribution in [3.8, 4) is 0 Å². The van der Waals surface area contributed by atoms with Crippen LogP contribution in [-0.2, 0) is 16.1 Å². The second-order valence-corrected chi connectivity index (χ2v) is 5.23. The zero-order chi connectivity index (χ0) is 14.5. The number of carboxylic acid groups (broad SMARTS) is 1. The molecule has 20 heavy (non-hydrogen) atoms. The van der Waals surface area contributed by atoms with E-state index in [1.54, 1.807) is 18.3 Å². The zero-order valence-corrected chi connectivity index (χ0v) is 11.5. The number of amides is 1. The molecule has 6 heteroatoms. The van der Waals surface area contributed by atoms with Crippen LogP contribution in [0.5, 0.6) is 0 Å². The molecular formula is C14H19N3O3. The minimum absolute atomic E-state index is 0.195. The van der Waals surface area contributed by atoms with Crippen LogP contribution in [-0.4, -0.2) is 27.2 Å². The lowest BCUT2D eigenvalue weighted by Gasteiger charge is -2.15. The van der Waals surface area contributed by atoms with E-state index in [2.05, 4.69) is 15.5 Å². The molecular weight excluding hydrogens is 258 g/mol. The highest BCUT2D eigenvalue weighted by Gasteiger charge is 2.41. The van der Waals surface area contributed by atoms with Crippen molar-refractivity contribution in [1.29, 1.82) is 0 Å². The molecule has 3 atom stereocenters. The zero-order valence-electron chi connectivity index (χ0n) is 11.5. The third-order valence-electron chi connectivity index (χ3n) is 3.96. The molecule has 2 N–H and O–H groups in total. The summed E-state index contributed by atoms with van der Waals surface area (Å²) >= 11 is 0. The van der Waals surface area contributed by atoms with Crippen molar-refractivity contribution in [3.05, 3.63) is 24.0 Å². The van der Waals surface area contributed by atoms with Crippen LogP contribution >= 0.6 is 0 Å². The van der Waals surface area contributed by atoms with Crippen molar-refractivity contribution in [2.75, 3.05) is 0 Å². The molecule has 108 valence electrons. The van der Waals surface area contributed by atoms with Gasteiger partial charge in [-0.3, -0.25) is 9.59 Å². The Labute approximate surface area is 117 Å². The summed E-state index contributed by atoms with van der Waals surface area (Å²) in [6, 6.07) is 3.52. The molecule has 6 nitrogen and oxygen atoms in total. The Bertz CT molecular complexity index is 478. The number of hydrogen-bond acceptors (Lipinski definition) is 4. The maximum Gasteiger partial charge on any atom is 0.307 e. The van der Waals surface area contributed by atoms with Gasteiger partial charge in [-0.25, -0.2) is 0 Å². The number of hydrogen-bond donors (Lipinski definition) is 2. The van der Waals surface area contributed by atoms with Crippen LogP contribution in [0.4, 0.5) is 0 Å². The van der Waals surface area contributed by atoms with Crippen LogP contribution in [0, 0.1) is 17.8 Å². The molecule has 1 heterocycles. The summed E-state index contributed by atoms with van der Waals surface area (Å²) in [6.45, 7) is 2.32. The highest BCUT2D eigenvalue weighted by atomic mass is 16.4. The lowest BCUT2D eigenvalue weighted by atomic mass is 9.95. The Kier molecular flexibility index (Phi) is 4.65. The average molecular weight is 277 g/mol. The maximum atomic E-state index is 12.2. The summed E-state index contributed by atoms with van der Waals surface area (Å²) in [6.07, 6.45) is 3.72. The monoisotopic (exact) mass is 277 g/mol. The fourth-order valence-corrected chi connectivity index (χ4v) is 2.78. The van der Waals surface area contributed by atoms with E-state index in [0.717, 1.165) is 6.42 Å². The van der Waals surface area contributed by atoms with Gasteiger partial charge in [-0.2, -0.15) is 10.2 Å². The molecule has 1 saturated carbocycles. The summed E-state index contributed by atoms with van der Waals surface area (Å²) in [5, 5.41) is 19.6. The molecule has 1 aliphatic rings. The van der Waals surface area contributed by atoms with Crippen LogP contribution < -0.4 is 5.32 Å². The first-order valence-corrected chi connectivity index (χ1v) is 6.89. The molecule has 0 aliphatic heterocycles. The summed E-state index contributed by atoms with van der Waals surface area (Å²) in [5.74, 6) is -1.75. The van der Waals surface area contributed by atoms with Crippen LogP contribution in [0.3, 0.4) is 0 Å². The number of carboxylic acids is 1. The topological polar surface area (TPSA) is 92.2 Å². The van der Waals surface area contributed by atoms with Crippen LogP contribution in [0.25, 0.3) is 0 Å². The first kappa shape index (κ1) is 14.4. The first-order valence-electron chi connectivity index (χ1n) is 6.89. The number of nitrogens with zero attached hydrogens (tertiary/aromatic N) is 2. The molecule has 2 rings (SSSR count). The summed E-state index contributed by atoms with van der Waals surface area (Å²) in [7, 11) is 0. The van der Waals surface area contributed by atoms with Gasteiger partial charge in [0.25, 0.3) is 0 Å². The average Bonchev–Trinajstić information content (AvgIpc) is 2.90. The predicted octanol–water partition coefficient (Wildman–Crippen LogP) is 1.23. The highest BCUT2D eigenvalue weighted by Crippen LogP contribution is 2.38. The summed E-state index contributed by atoms with van der Waals surface area (Å²) in [4.78, 5) is 23.4. The number of carbonyl (C=O) groups excluding carboxylic acids is 1. The Morgan fingerprint density at radius 3 is 2.75 bits per heavy atom. The number of carbonyl (C=O) groups is 2. The molecule has 3 unspecified atom stereocenters. The van der Waals surface area contributed by atoms with Gasteiger partial charge in [-0.1, -0.05) is 13.3 Å². The lowest BCUT2D eigenvalue weighted by molar-refractivity contribution is -0.146. The second-order valence-electron chi connectivity index (χ2n) is 5.23. The fourth-order valence-electron chi connectivity index (χ4n) is 2.78. The molecule has 0 radical (unpaired) electrons. The molecule has 1 amide bonds. The van der Waals surface area contributed by atoms with Gasteiger partial charge in [0.1, 0.15) is 0 Å². The van der Waals surface area contributed by atoms with Crippen molar-refractivity contribution in [2.24, 2.45) is 17.8 Å². The summed E-state index contributed by atoms with van der Waals surface area (Å²) in [5.41, 5.74) is 0.665. The minimum Gasteiger partial charge on any atom is -0.481 e. The predicted molar refractivity (Wildman–Crippen MR) is 71.5 cm³/mol. The second kappa shape index (κ2) is 6.45. The van der Waals surface area contributed by atoms with Gasteiger partial charge in [0.05, 0.1) is 24.1 Å². The lowest BCUT2D eigenvalue weighted by Crippen LogP contribution is -2.35. The van der Waals surface area contributed by atoms with Crippen molar-refractivity contribution in [1.82, 2.24) is 15.5 Å². The van der Waals surface area contributed by atoms with Crippen molar-refractivity contribution in [2.45, 2.75) is 32.7 Å².